The number of anilines is 3. The fraction of sp³-hybridized carbons (Fsp3) is 0. The molecule has 0 aliphatic carbocycles. The summed E-state index contributed by atoms with van der Waals surface area (Å²) in [5.41, 5.74) is 7.17. The molecule has 5 nitrogen and oxygen atoms in total. The Morgan fingerprint density at radius 2 is 1.95 bits per heavy atom. The summed E-state index contributed by atoms with van der Waals surface area (Å²) in [4.78, 5) is 4.07. The van der Waals surface area contributed by atoms with Crippen LogP contribution >= 0.6 is 15.9 Å². The van der Waals surface area contributed by atoms with E-state index < -0.39 is 0 Å². The van der Waals surface area contributed by atoms with Crippen molar-refractivity contribution in [3.63, 3.8) is 0 Å². The van der Waals surface area contributed by atoms with Crippen LogP contribution in [0, 0.1) is 22.7 Å². The lowest BCUT2D eigenvalue weighted by atomic mass is 10.2. The highest BCUT2D eigenvalue weighted by Gasteiger charge is 2.06. The van der Waals surface area contributed by atoms with Crippen molar-refractivity contribution < 1.29 is 0 Å². The van der Waals surface area contributed by atoms with E-state index >= 15 is 0 Å². The lowest BCUT2D eigenvalue weighted by Crippen LogP contribution is -2.00. The third-order valence-corrected chi connectivity index (χ3v) is 2.89. The lowest BCUT2D eigenvalue weighted by Gasteiger charge is -2.08. The largest absolute Gasteiger partial charge is 0.396 e. The number of halogens is 1. The van der Waals surface area contributed by atoms with E-state index in [9.17, 15) is 0 Å². The first kappa shape index (κ1) is 12.9. The number of nitrogens with one attached hydrogen (secondary N) is 1. The molecule has 0 aliphatic heterocycles. The zero-order valence-electron chi connectivity index (χ0n) is 9.68. The Bertz CT molecular complexity index is 712. The molecule has 6 heteroatoms. The Hall–Kier alpha value is -2.57. The van der Waals surface area contributed by atoms with Crippen molar-refractivity contribution in [3.8, 4) is 12.1 Å². The molecule has 0 bridgehead atoms. The summed E-state index contributed by atoms with van der Waals surface area (Å²) in [6.45, 7) is 0. The Kier molecular flexibility index (Phi) is 3.65. The smallest absolute Gasteiger partial charge is 0.165 e. The maximum atomic E-state index is 9.06. The molecule has 1 aromatic carbocycles. The van der Waals surface area contributed by atoms with Crippen LogP contribution in [0.2, 0.25) is 0 Å². The number of hydrogen-bond donors (Lipinski definition) is 2. The summed E-state index contributed by atoms with van der Waals surface area (Å²) in [7, 11) is 0. The number of nitriles is 2. The van der Waals surface area contributed by atoms with E-state index in [1.54, 1.807) is 24.3 Å². The van der Waals surface area contributed by atoms with Crippen LogP contribution in [0.1, 0.15) is 11.3 Å². The van der Waals surface area contributed by atoms with Crippen LogP contribution in [0.15, 0.2) is 34.8 Å². The van der Waals surface area contributed by atoms with Gasteiger partial charge in [0.05, 0.1) is 16.9 Å². The van der Waals surface area contributed by atoms with Crippen molar-refractivity contribution in [1.29, 1.82) is 10.5 Å². The zero-order valence-corrected chi connectivity index (χ0v) is 11.3. The average molecular weight is 314 g/mol. The molecule has 0 unspecified atom stereocenters. The van der Waals surface area contributed by atoms with Gasteiger partial charge in [0.1, 0.15) is 18.0 Å². The SMILES string of the molecule is N#Cc1cc(Br)ccc1Nc1ccc(N)c(C#N)n1. The van der Waals surface area contributed by atoms with Crippen LogP contribution in [0.25, 0.3) is 0 Å². The van der Waals surface area contributed by atoms with E-state index in [1.165, 1.54) is 0 Å². The van der Waals surface area contributed by atoms with Gasteiger partial charge in [-0.1, -0.05) is 15.9 Å². The molecule has 0 radical (unpaired) electrons. The van der Waals surface area contributed by atoms with Crippen LogP contribution in [-0.4, -0.2) is 4.98 Å². The van der Waals surface area contributed by atoms with E-state index in [0.717, 1.165) is 4.47 Å². The van der Waals surface area contributed by atoms with Gasteiger partial charge in [-0.2, -0.15) is 10.5 Å². The molecule has 0 spiro atoms. The molecule has 0 saturated carbocycles. The van der Waals surface area contributed by atoms with Gasteiger partial charge in [0.2, 0.25) is 0 Å². The molecule has 1 heterocycles. The molecule has 2 rings (SSSR count). The summed E-state index contributed by atoms with van der Waals surface area (Å²) < 4.78 is 0.817. The van der Waals surface area contributed by atoms with Gasteiger partial charge in [-0.3, -0.25) is 0 Å². The Labute approximate surface area is 118 Å². The van der Waals surface area contributed by atoms with Crippen LogP contribution in [-0.2, 0) is 0 Å². The predicted molar refractivity (Wildman–Crippen MR) is 75.5 cm³/mol. The Morgan fingerprint density at radius 1 is 1.16 bits per heavy atom. The van der Waals surface area contributed by atoms with E-state index in [1.807, 2.05) is 12.1 Å². The number of pyridine rings is 1. The van der Waals surface area contributed by atoms with Gasteiger partial charge in [0.25, 0.3) is 0 Å². The third kappa shape index (κ3) is 2.82. The molecule has 0 atom stereocenters. The third-order valence-electron chi connectivity index (χ3n) is 2.40. The fourth-order valence-electron chi connectivity index (χ4n) is 1.49. The number of rotatable bonds is 2. The van der Waals surface area contributed by atoms with Crippen molar-refractivity contribution in [3.05, 3.63) is 46.1 Å². The van der Waals surface area contributed by atoms with Crippen LogP contribution in [0.4, 0.5) is 17.2 Å². The molecular formula is C13H8BrN5. The van der Waals surface area contributed by atoms with Crippen LogP contribution < -0.4 is 11.1 Å². The molecule has 0 amide bonds. The van der Waals surface area contributed by atoms with Gasteiger partial charge in [-0.15, -0.1) is 0 Å². The number of nitrogens with zero attached hydrogens (tertiary/aromatic N) is 3. The van der Waals surface area contributed by atoms with E-state index in [-0.39, 0.29) is 5.69 Å². The van der Waals surface area contributed by atoms with Crippen LogP contribution in [0.5, 0.6) is 0 Å². The minimum Gasteiger partial charge on any atom is -0.396 e. The highest BCUT2D eigenvalue weighted by atomic mass is 79.9. The molecule has 19 heavy (non-hydrogen) atoms. The summed E-state index contributed by atoms with van der Waals surface area (Å²) >= 11 is 3.30. The van der Waals surface area contributed by atoms with Crippen molar-refractivity contribution >= 4 is 33.1 Å². The Balaban J connectivity index is 2.37. The van der Waals surface area contributed by atoms with Gasteiger partial charge in [0.15, 0.2) is 5.69 Å². The second-order valence-corrected chi connectivity index (χ2v) is 4.59. The molecule has 3 N–H and O–H groups in total. The minimum atomic E-state index is 0.153. The Morgan fingerprint density at radius 3 is 2.63 bits per heavy atom. The first-order chi connectivity index (χ1) is 9.13. The highest BCUT2D eigenvalue weighted by molar-refractivity contribution is 9.10. The highest BCUT2D eigenvalue weighted by Crippen LogP contribution is 2.24. The first-order valence-corrected chi connectivity index (χ1v) is 6.06. The van der Waals surface area contributed by atoms with Crippen molar-refractivity contribution in [2.24, 2.45) is 0 Å². The molecule has 92 valence electrons. The maximum absolute atomic E-state index is 9.06. The number of aromatic nitrogens is 1. The number of nitrogen functional groups attached to an aromatic ring is 1. The summed E-state index contributed by atoms with van der Waals surface area (Å²) in [5.74, 6) is 0.463. The second-order valence-electron chi connectivity index (χ2n) is 3.67. The molecule has 0 fully saturated rings. The van der Waals surface area contributed by atoms with E-state index in [2.05, 4.69) is 32.3 Å². The van der Waals surface area contributed by atoms with Crippen molar-refractivity contribution in [1.82, 2.24) is 4.98 Å². The van der Waals surface area contributed by atoms with Gasteiger partial charge in [0, 0.05) is 4.47 Å². The first-order valence-electron chi connectivity index (χ1n) is 5.27. The average Bonchev–Trinajstić information content (AvgIpc) is 2.42. The molecule has 0 saturated heterocycles. The normalized spacial score (nSPS) is 9.42. The minimum absolute atomic E-state index is 0.153. The second kappa shape index (κ2) is 5.38. The molecule has 2 aromatic rings. The summed E-state index contributed by atoms with van der Waals surface area (Å²) in [6, 6.07) is 12.5. The van der Waals surface area contributed by atoms with Gasteiger partial charge < -0.3 is 11.1 Å². The lowest BCUT2D eigenvalue weighted by molar-refractivity contribution is 1.26. The molecule has 1 aromatic heterocycles. The standard InChI is InChI=1S/C13H8BrN5/c14-9-1-3-11(8(5-9)6-15)18-13-4-2-10(17)12(7-16)19-13/h1-5H,17H2,(H,18,19). The quantitative estimate of drug-likeness (QED) is 0.888. The number of hydrogen-bond acceptors (Lipinski definition) is 5. The van der Waals surface area contributed by atoms with Gasteiger partial charge in [-0.25, -0.2) is 4.98 Å². The maximum Gasteiger partial charge on any atom is 0.165 e. The zero-order chi connectivity index (χ0) is 13.8. The van der Waals surface area contributed by atoms with E-state index in [0.29, 0.717) is 22.8 Å². The fourth-order valence-corrected chi connectivity index (χ4v) is 1.85. The monoisotopic (exact) mass is 313 g/mol. The van der Waals surface area contributed by atoms with Crippen molar-refractivity contribution in [2.75, 3.05) is 11.1 Å². The van der Waals surface area contributed by atoms with Gasteiger partial charge in [-0.05, 0) is 30.3 Å². The number of benzene rings is 1. The molecular weight excluding hydrogens is 306 g/mol. The van der Waals surface area contributed by atoms with Crippen molar-refractivity contribution in [2.45, 2.75) is 0 Å². The summed E-state index contributed by atoms with van der Waals surface area (Å²) in [5, 5.41) is 20.9. The van der Waals surface area contributed by atoms with Gasteiger partial charge >= 0.3 is 0 Å². The summed E-state index contributed by atoms with van der Waals surface area (Å²) in [6.07, 6.45) is 0. The molecule has 0 aliphatic rings. The van der Waals surface area contributed by atoms with E-state index in [4.69, 9.17) is 16.3 Å². The van der Waals surface area contributed by atoms with Crippen LogP contribution in [0.3, 0.4) is 0 Å². The topological polar surface area (TPSA) is 98.5 Å². The predicted octanol–water partition coefficient (Wildman–Crippen LogP) is 2.91. The number of nitrogens with two attached hydrogens (primary N) is 1.